The second-order valence-corrected chi connectivity index (χ2v) is 5.50. The molecule has 0 heterocycles. The lowest BCUT2D eigenvalue weighted by Crippen LogP contribution is -2.32. The predicted octanol–water partition coefficient (Wildman–Crippen LogP) is 3.31. The van der Waals surface area contributed by atoms with Crippen molar-refractivity contribution in [3.8, 4) is 6.07 Å². The van der Waals surface area contributed by atoms with Gasteiger partial charge < -0.3 is 5.32 Å². The van der Waals surface area contributed by atoms with Gasteiger partial charge in [0.2, 0.25) is 5.91 Å². The number of rotatable bonds is 2. The second kappa shape index (κ2) is 5.05. The highest BCUT2D eigenvalue weighted by molar-refractivity contribution is 14.1. The first-order valence-electron chi connectivity index (χ1n) is 5.65. The first kappa shape index (κ1) is 12.4. The van der Waals surface area contributed by atoms with E-state index in [0.717, 1.165) is 22.1 Å². The molecule has 88 valence electrons. The highest BCUT2D eigenvalue weighted by Gasteiger charge is 2.41. The van der Waals surface area contributed by atoms with Gasteiger partial charge in [0.1, 0.15) is 5.41 Å². The number of para-hydroxylation sites is 1. The van der Waals surface area contributed by atoms with Crippen LogP contribution in [0.2, 0.25) is 0 Å². The van der Waals surface area contributed by atoms with Crippen LogP contribution in [0.3, 0.4) is 0 Å². The normalized spacial score (nSPS) is 17.4. The van der Waals surface area contributed by atoms with Crippen molar-refractivity contribution < 1.29 is 4.79 Å². The molecular formula is C13H13IN2O. The number of anilines is 1. The van der Waals surface area contributed by atoms with Crippen molar-refractivity contribution in [2.75, 3.05) is 5.32 Å². The molecule has 1 fully saturated rings. The summed E-state index contributed by atoms with van der Waals surface area (Å²) in [6, 6.07) is 9.80. The van der Waals surface area contributed by atoms with Gasteiger partial charge >= 0.3 is 0 Å². The molecule has 1 saturated carbocycles. The van der Waals surface area contributed by atoms with Crippen LogP contribution in [0.15, 0.2) is 24.3 Å². The van der Waals surface area contributed by atoms with Crippen LogP contribution in [0.4, 0.5) is 5.69 Å². The van der Waals surface area contributed by atoms with Crippen LogP contribution in [0.5, 0.6) is 0 Å². The minimum atomic E-state index is -0.807. The maximum absolute atomic E-state index is 12.2. The fourth-order valence-corrected chi connectivity index (χ4v) is 2.69. The Hall–Kier alpha value is -1.09. The lowest BCUT2D eigenvalue weighted by atomic mass is 9.87. The van der Waals surface area contributed by atoms with Gasteiger partial charge in [0.05, 0.1) is 11.8 Å². The number of halogens is 1. The number of nitrogens with zero attached hydrogens (tertiary/aromatic N) is 1. The number of hydrogen-bond acceptors (Lipinski definition) is 2. The largest absolute Gasteiger partial charge is 0.324 e. The fraction of sp³-hybridized carbons (Fsp3) is 0.385. The van der Waals surface area contributed by atoms with Gasteiger partial charge in [0.25, 0.3) is 0 Å². The molecule has 0 saturated heterocycles. The van der Waals surface area contributed by atoms with Crippen molar-refractivity contribution >= 4 is 34.2 Å². The lowest BCUT2D eigenvalue weighted by molar-refractivity contribution is -0.122. The molecule has 1 aromatic rings. The van der Waals surface area contributed by atoms with Crippen molar-refractivity contribution in [3.63, 3.8) is 0 Å². The Kier molecular flexibility index (Phi) is 3.67. The summed E-state index contributed by atoms with van der Waals surface area (Å²) in [5.41, 5.74) is -0.0153. The molecule has 1 aromatic carbocycles. The number of benzene rings is 1. The smallest absolute Gasteiger partial charge is 0.244 e. The zero-order valence-electron chi connectivity index (χ0n) is 9.37. The summed E-state index contributed by atoms with van der Waals surface area (Å²) in [5.74, 6) is -0.151. The Morgan fingerprint density at radius 3 is 2.59 bits per heavy atom. The van der Waals surface area contributed by atoms with Crippen molar-refractivity contribution in [1.82, 2.24) is 0 Å². The molecule has 0 aromatic heterocycles. The Balaban J connectivity index is 2.17. The van der Waals surface area contributed by atoms with Gasteiger partial charge in [-0.15, -0.1) is 0 Å². The molecule has 0 spiro atoms. The first-order valence-corrected chi connectivity index (χ1v) is 6.73. The summed E-state index contributed by atoms with van der Waals surface area (Å²) in [6.45, 7) is 0. The zero-order chi connectivity index (χ0) is 12.3. The van der Waals surface area contributed by atoms with Gasteiger partial charge in [-0.1, -0.05) is 25.0 Å². The van der Waals surface area contributed by atoms with Crippen LogP contribution in [0, 0.1) is 20.3 Å². The average Bonchev–Trinajstić information content (AvgIpc) is 2.82. The van der Waals surface area contributed by atoms with Crippen molar-refractivity contribution in [2.45, 2.75) is 25.7 Å². The molecule has 1 aliphatic rings. The van der Waals surface area contributed by atoms with E-state index >= 15 is 0 Å². The van der Waals surface area contributed by atoms with Crippen molar-refractivity contribution in [1.29, 1.82) is 5.26 Å². The third-order valence-corrected chi connectivity index (χ3v) is 4.17. The number of carbonyl (C=O) groups excluding carboxylic acids is 1. The van der Waals surface area contributed by atoms with Gasteiger partial charge in [0, 0.05) is 3.57 Å². The van der Waals surface area contributed by atoms with Crippen LogP contribution in [-0.4, -0.2) is 5.91 Å². The van der Waals surface area contributed by atoms with E-state index in [1.165, 1.54) is 0 Å². The summed E-state index contributed by atoms with van der Waals surface area (Å²) in [6.07, 6.45) is 3.29. The number of amides is 1. The minimum absolute atomic E-state index is 0.151. The molecular weight excluding hydrogens is 327 g/mol. The molecule has 0 aliphatic heterocycles. The van der Waals surface area contributed by atoms with Gasteiger partial charge in [-0.25, -0.2) is 0 Å². The molecule has 0 radical (unpaired) electrons. The molecule has 3 nitrogen and oxygen atoms in total. The summed E-state index contributed by atoms with van der Waals surface area (Å²) >= 11 is 2.18. The van der Waals surface area contributed by atoms with Crippen LogP contribution >= 0.6 is 22.6 Å². The summed E-state index contributed by atoms with van der Waals surface area (Å²) in [7, 11) is 0. The standard InChI is InChI=1S/C13H13IN2O/c14-10-5-1-2-6-11(10)16-12(17)13(9-15)7-3-4-8-13/h1-2,5-6H,3-4,7-8H2,(H,16,17). The SMILES string of the molecule is N#CC1(C(=O)Nc2ccccc2I)CCCC1. The van der Waals surface area contributed by atoms with Crippen molar-refractivity contribution in [2.24, 2.45) is 5.41 Å². The maximum atomic E-state index is 12.2. The van der Waals surface area contributed by atoms with Crippen LogP contribution in [0.25, 0.3) is 0 Å². The summed E-state index contributed by atoms with van der Waals surface area (Å²) in [5, 5.41) is 12.1. The third-order valence-electron chi connectivity index (χ3n) is 3.23. The quantitative estimate of drug-likeness (QED) is 0.840. The van der Waals surface area contributed by atoms with E-state index in [1.54, 1.807) is 0 Å². The minimum Gasteiger partial charge on any atom is -0.324 e. The predicted molar refractivity (Wildman–Crippen MR) is 74.3 cm³/mol. The van der Waals surface area contributed by atoms with E-state index in [2.05, 4.69) is 34.0 Å². The summed E-state index contributed by atoms with van der Waals surface area (Å²) in [4.78, 5) is 12.2. The van der Waals surface area contributed by atoms with Crippen LogP contribution in [0.1, 0.15) is 25.7 Å². The molecule has 1 amide bonds. The van der Waals surface area contributed by atoms with Gasteiger partial charge in [-0.05, 0) is 47.6 Å². The van der Waals surface area contributed by atoms with E-state index in [9.17, 15) is 10.1 Å². The van der Waals surface area contributed by atoms with E-state index < -0.39 is 5.41 Å². The van der Waals surface area contributed by atoms with Crippen molar-refractivity contribution in [3.05, 3.63) is 27.8 Å². The number of nitriles is 1. The number of carbonyl (C=O) groups is 1. The molecule has 0 atom stereocenters. The molecule has 4 heteroatoms. The monoisotopic (exact) mass is 340 g/mol. The Morgan fingerprint density at radius 2 is 2.00 bits per heavy atom. The first-order chi connectivity index (χ1) is 8.18. The van der Waals surface area contributed by atoms with Crippen LogP contribution < -0.4 is 5.32 Å². The van der Waals surface area contributed by atoms with E-state index in [4.69, 9.17) is 0 Å². The highest BCUT2D eigenvalue weighted by Crippen LogP contribution is 2.38. The lowest BCUT2D eigenvalue weighted by Gasteiger charge is -2.19. The van der Waals surface area contributed by atoms with Crippen LogP contribution in [-0.2, 0) is 4.79 Å². The second-order valence-electron chi connectivity index (χ2n) is 4.33. The van der Waals surface area contributed by atoms with E-state index in [0.29, 0.717) is 12.8 Å². The topological polar surface area (TPSA) is 52.9 Å². The Labute approximate surface area is 114 Å². The van der Waals surface area contributed by atoms with E-state index in [1.807, 2.05) is 24.3 Å². The van der Waals surface area contributed by atoms with Gasteiger partial charge in [-0.3, -0.25) is 4.79 Å². The molecule has 0 unspecified atom stereocenters. The zero-order valence-corrected chi connectivity index (χ0v) is 11.5. The molecule has 17 heavy (non-hydrogen) atoms. The summed E-state index contributed by atoms with van der Waals surface area (Å²) < 4.78 is 0.990. The molecule has 0 bridgehead atoms. The fourth-order valence-electron chi connectivity index (χ4n) is 2.17. The van der Waals surface area contributed by atoms with Gasteiger partial charge in [0.15, 0.2) is 0 Å². The number of hydrogen-bond donors (Lipinski definition) is 1. The third kappa shape index (κ3) is 2.44. The molecule has 2 rings (SSSR count). The molecule has 1 aliphatic carbocycles. The Bertz CT molecular complexity index is 473. The number of nitrogens with one attached hydrogen (secondary N) is 1. The van der Waals surface area contributed by atoms with E-state index in [-0.39, 0.29) is 5.91 Å². The average molecular weight is 340 g/mol. The highest BCUT2D eigenvalue weighted by atomic mass is 127. The Morgan fingerprint density at radius 1 is 1.35 bits per heavy atom. The molecule has 1 N–H and O–H groups in total. The van der Waals surface area contributed by atoms with Gasteiger partial charge in [-0.2, -0.15) is 5.26 Å². The maximum Gasteiger partial charge on any atom is 0.244 e.